The van der Waals surface area contributed by atoms with Gasteiger partial charge in [-0.3, -0.25) is 0 Å². The van der Waals surface area contributed by atoms with E-state index in [4.69, 9.17) is 4.42 Å². The summed E-state index contributed by atoms with van der Waals surface area (Å²) < 4.78 is 5.61. The molecule has 0 bridgehead atoms. The molecule has 98 valence electrons. The minimum absolute atomic E-state index is 0.124. The molecule has 0 aliphatic rings. The van der Waals surface area contributed by atoms with Crippen LogP contribution in [0.25, 0.3) is 11.0 Å². The zero-order valence-corrected chi connectivity index (χ0v) is 12.0. The number of hydrogen-bond acceptors (Lipinski definition) is 2. The van der Waals surface area contributed by atoms with Crippen molar-refractivity contribution >= 4 is 11.0 Å². The Morgan fingerprint density at radius 2 is 1.94 bits per heavy atom. The minimum Gasteiger partial charge on any atom is -0.464 e. The van der Waals surface area contributed by atoms with Gasteiger partial charge in [-0.15, -0.1) is 0 Å². The largest absolute Gasteiger partial charge is 0.464 e. The first-order valence-corrected chi connectivity index (χ1v) is 6.62. The van der Waals surface area contributed by atoms with Crippen LogP contribution in [0.15, 0.2) is 28.9 Å². The van der Waals surface area contributed by atoms with Crippen LogP contribution in [0.4, 0.5) is 0 Å². The fraction of sp³-hybridized carbons (Fsp3) is 0.500. The maximum absolute atomic E-state index is 5.61. The summed E-state index contributed by atoms with van der Waals surface area (Å²) in [6.45, 7) is 11.8. The van der Waals surface area contributed by atoms with Crippen LogP contribution in [0.2, 0.25) is 0 Å². The summed E-state index contributed by atoms with van der Waals surface area (Å²) in [7, 11) is 0. The van der Waals surface area contributed by atoms with Gasteiger partial charge in [0, 0.05) is 23.0 Å². The van der Waals surface area contributed by atoms with Crippen LogP contribution in [0.5, 0.6) is 0 Å². The van der Waals surface area contributed by atoms with E-state index in [1.54, 1.807) is 0 Å². The number of fused-ring (bicyclic) bond motifs is 1. The Balaban J connectivity index is 2.31. The van der Waals surface area contributed by atoms with E-state index in [1.165, 1.54) is 16.5 Å². The minimum atomic E-state index is 0.124. The summed E-state index contributed by atoms with van der Waals surface area (Å²) in [4.78, 5) is 0. The van der Waals surface area contributed by atoms with Gasteiger partial charge >= 0.3 is 0 Å². The maximum Gasteiger partial charge on any atom is 0.134 e. The molecule has 1 aromatic carbocycles. The lowest BCUT2D eigenvalue weighted by molar-refractivity contribution is 0.423. The standard InChI is InChI=1S/C16H23NO/c1-11(2)12-6-7-15-14(8-12)13(10-18-15)9-17-16(3,4)5/h6-8,10-11,17H,9H2,1-5H3. The molecule has 1 N–H and O–H groups in total. The van der Waals surface area contributed by atoms with Crippen molar-refractivity contribution in [3.63, 3.8) is 0 Å². The molecule has 2 rings (SSSR count). The second kappa shape index (κ2) is 4.77. The quantitative estimate of drug-likeness (QED) is 0.864. The molecule has 0 radical (unpaired) electrons. The molecule has 18 heavy (non-hydrogen) atoms. The Bertz CT molecular complexity index is 532. The highest BCUT2D eigenvalue weighted by atomic mass is 16.3. The van der Waals surface area contributed by atoms with E-state index in [1.807, 2.05) is 6.26 Å². The first kappa shape index (κ1) is 13.2. The summed E-state index contributed by atoms with van der Waals surface area (Å²) in [6.07, 6.45) is 1.87. The van der Waals surface area contributed by atoms with Crippen molar-refractivity contribution in [2.75, 3.05) is 0 Å². The van der Waals surface area contributed by atoms with Crippen molar-refractivity contribution in [3.05, 3.63) is 35.6 Å². The van der Waals surface area contributed by atoms with Crippen LogP contribution in [0.3, 0.4) is 0 Å². The van der Waals surface area contributed by atoms with Gasteiger partial charge in [0.25, 0.3) is 0 Å². The smallest absolute Gasteiger partial charge is 0.134 e. The average Bonchev–Trinajstić information content (AvgIpc) is 2.67. The molecular weight excluding hydrogens is 222 g/mol. The third-order valence-corrected chi connectivity index (χ3v) is 3.15. The van der Waals surface area contributed by atoms with Gasteiger partial charge in [-0.1, -0.05) is 19.9 Å². The van der Waals surface area contributed by atoms with Gasteiger partial charge in [0.1, 0.15) is 5.58 Å². The topological polar surface area (TPSA) is 25.2 Å². The van der Waals surface area contributed by atoms with Gasteiger partial charge in [-0.25, -0.2) is 0 Å². The highest BCUT2D eigenvalue weighted by Crippen LogP contribution is 2.26. The van der Waals surface area contributed by atoms with E-state index < -0.39 is 0 Å². The lowest BCUT2D eigenvalue weighted by atomic mass is 10.0. The molecule has 0 atom stereocenters. The number of hydrogen-bond donors (Lipinski definition) is 1. The maximum atomic E-state index is 5.61. The molecule has 0 amide bonds. The number of benzene rings is 1. The summed E-state index contributed by atoms with van der Waals surface area (Å²) in [5.41, 5.74) is 3.70. The summed E-state index contributed by atoms with van der Waals surface area (Å²) in [5, 5.41) is 4.74. The van der Waals surface area contributed by atoms with Crippen molar-refractivity contribution in [2.45, 2.75) is 52.6 Å². The van der Waals surface area contributed by atoms with Gasteiger partial charge in [-0.2, -0.15) is 0 Å². The van der Waals surface area contributed by atoms with Crippen molar-refractivity contribution in [3.8, 4) is 0 Å². The molecule has 2 aromatic rings. The average molecular weight is 245 g/mol. The van der Waals surface area contributed by atoms with Gasteiger partial charge in [0.05, 0.1) is 6.26 Å². The SMILES string of the molecule is CC(C)c1ccc2occ(CNC(C)(C)C)c2c1. The van der Waals surface area contributed by atoms with E-state index >= 15 is 0 Å². The van der Waals surface area contributed by atoms with E-state index in [2.05, 4.69) is 58.1 Å². The second-order valence-electron chi connectivity index (χ2n) is 6.27. The molecule has 1 aromatic heterocycles. The Labute approximate surface area is 109 Å². The van der Waals surface area contributed by atoms with E-state index in [0.717, 1.165) is 12.1 Å². The third kappa shape index (κ3) is 2.94. The van der Waals surface area contributed by atoms with Gasteiger partial charge < -0.3 is 9.73 Å². The Hall–Kier alpha value is -1.28. The number of furan rings is 1. The zero-order valence-electron chi connectivity index (χ0n) is 12.0. The predicted octanol–water partition coefficient (Wildman–Crippen LogP) is 4.44. The molecular formula is C16H23NO. The highest BCUT2D eigenvalue weighted by molar-refractivity contribution is 5.81. The number of rotatable bonds is 3. The Morgan fingerprint density at radius 1 is 1.22 bits per heavy atom. The predicted molar refractivity (Wildman–Crippen MR) is 76.9 cm³/mol. The Kier molecular flexibility index (Phi) is 3.49. The molecule has 1 heterocycles. The van der Waals surface area contributed by atoms with Crippen LogP contribution in [0, 0.1) is 0 Å². The van der Waals surface area contributed by atoms with Crippen LogP contribution < -0.4 is 5.32 Å². The summed E-state index contributed by atoms with van der Waals surface area (Å²) >= 11 is 0. The van der Waals surface area contributed by atoms with Crippen LogP contribution in [-0.2, 0) is 6.54 Å². The van der Waals surface area contributed by atoms with E-state index in [-0.39, 0.29) is 5.54 Å². The fourth-order valence-electron chi connectivity index (χ4n) is 1.96. The van der Waals surface area contributed by atoms with E-state index in [9.17, 15) is 0 Å². The van der Waals surface area contributed by atoms with Crippen molar-refractivity contribution in [1.29, 1.82) is 0 Å². The van der Waals surface area contributed by atoms with Crippen LogP contribution >= 0.6 is 0 Å². The summed E-state index contributed by atoms with van der Waals surface area (Å²) in [6, 6.07) is 6.48. The van der Waals surface area contributed by atoms with Crippen LogP contribution in [0.1, 0.15) is 51.7 Å². The fourth-order valence-corrected chi connectivity index (χ4v) is 1.96. The van der Waals surface area contributed by atoms with Crippen molar-refractivity contribution in [1.82, 2.24) is 5.32 Å². The molecule has 0 fully saturated rings. The lowest BCUT2D eigenvalue weighted by Gasteiger charge is -2.20. The van der Waals surface area contributed by atoms with Gasteiger partial charge in [0.2, 0.25) is 0 Å². The first-order valence-electron chi connectivity index (χ1n) is 6.62. The monoisotopic (exact) mass is 245 g/mol. The molecule has 0 spiro atoms. The molecule has 2 heteroatoms. The highest BCUT2D eigenvalue weighted by Gasteiger charge is 2.12. The van der Waals surface area contributed by atoms with E-state index in [0.29, 0.717) is 5.92 Å². The molecule has 0 aliphatic carbocycles. The molecule has 0 aliphatic heterocycles. The van der Waals surface area contributed by atoms with Crippen molar-refractivity contribution in [2.24, 2.45) is 0 Å². The third-order valence-electron chi connectivity index (χ3n) is 3.15. The normalized spacial score (nSPS) is 12.6. The molecule has 0 saturated heterocycles. The first-order chi connectivity index (χ1) is 8.37. The Morgan fingerprint density at radius 3 is 2.56 bits per heavy atom. The lowest BCUT2D eigenvalue weighted by Crippen LogP contribution is -2.34. The number of nitrogens with one attached hydrogen (secondary N) is 1. The second-order valence-corrected chi connectivity index (χ2v) is 6.27. The molecule has 2 nitrogen and oxygen atoms in total. The zero-order chi connectivity index (χ0) is 13.3. The molecule has 0 saturated carbocycles. The van der Waals surface area contributed by atoms with Gasteiger partial charge in [0.15, 0.2) is 0 Å². The molecule has 0 unspecified atom stereocenters. The van der Waals surface area contributed by atoms with Crippen LogP contribution in [-0.4, -0.2) is 5.54 Å². The van der Waals surface area contributed by atoms with Gasteiger partial charge in [-0.05, 0) is 44.4 Å². The summed E-state index contributed by atoms with van der Waals surface area (Å²) in [5.74, 6) is 0.549. The van der Waals surface area contributed by atoms with Crippen molar-refractivity contribution < 1.29 is 4.42 Å².